The van der Waals surface area contributed by atoms with Gasteiger partial charge in [0.05, 0.1) is 6.61 Å². The van der Waals surface area contributed by atoms with Crippen LogP contribution in [-0.2, 0) is 0 Å². The molecule has 0 spiro atoms. The number of rotatable bonds is 6. The normalized spacial score (nSPS) is 11.4. The summed E-state index contributed by atoms with van der Waals surface area (Å²) in [5.41, 5.74) is 1.51. The zero-order valence-electron chi connectivity index (χ0n) is 12.9. The first-order valence-electron chi connectivity index (χ1n) is 7.11. The molecule has 5 nitrogen and oxygen atoms in total. The lowest BCUT2D eigenvalue weighted by Crippen LogP contribution is -2.07. The van der Waals surface area contributed by atoms with Crippen LogP contribution < -0.4 is 9.64 Å². The van der Waals surface area contributed by atoms with Crippen molar-refractivity contribution in [1.82, 2.24) is 9.97 Å². The molecule has 0 aliphatic rings. The monoisotopic (exact) mass is 347 g/mol. The van der Waals surface area contributed by atoms with E-state index in [-0.39, 0.29) is 0 Å². The Morgan fingerprint density at radius 2 is 2.22 bits per heavy atom. The van der Waals surface area contributed by atoms with Crippen LogP contribution in [-0.4, -0.2) is 36.4 Å². The molecule has 0 aliphatic heterocycles. The summed E-state index contributed by atoms with van der Waals surface area (Å²) in [5.74, 6) is 1.99. The summed E-state index contributed by atoms with van der Waals surface area (Å²) in [4.78, 5) is 11.8. The molecule has 2 aromatic heterocycles. The third kappa shape index (κ3) is 3.86. The summed E-state index contributed by atoms with van der Waals surface area (Å²) in [6, 6.07) is 5.62. The van der Waals surface area contributed by atoms with Gasteiger partial charge in [-0.1, -0.05) is 11.3 Å². The van der Waals surface area contributed by atoms with E-state index in [9.17, 15) is 0 Å². The Bertz CT molecular complexity index is 824. The highest BCUT2D eigenvalue weighted by molar-refractivity contribution is 7.80. The van der Waals surface area contributed by atoms with Gasteiger partial charge in [0.2, 0.25) is 5.89 Å². The first-order chi connectivity index (χ1) is 11.2. The minimum absolute atomic E-state index is 0.561. The number of thiazole rings is 1. The molecule has 1 aromatic carbocycles. The zero-order chi connectivity index (χ0) is 16.2. The number of anilines is 1. The Labute approximate surface area is 144 Å². The lowest BCUT2D eigenvalue weighted by Gasteiger charge is -2.04. The highest BCUT2D eigenvalue weighted by Gasteiger charge is 2.06. The molecule has 3 rings (SSSR count). The molecule has 0 saturated heterocycles. The summed E-state index contributed by atoms with van der Waals surface area (Å²) >= 11 is 5.74. The van der Waals surface area contributed by atoms with Crippen LogP contribution in [0.3, 0.4) is 0 Å². The Balaban J connectivity index is 1.78. The quantitative estimate of drug-likeness (QED) is 0.687. The fraction of sp³-hybridized carbons (Fsp3) is 0.250. The number of hydrogen-bond acceptors (Lipinski definition) is 7. The maximum absolute atomic E-state index is 5.74. The van der Waals surface area contributed by atoms with Gasteiger partial charge in [-0.3, -0.25) is 0 Å². The summed E-state index contributed by atoms with van der Waals surface area (Å²) < 4.78 is 11.3. The van der Waals surface area contributed by atoms with Crippen molar-refractivity contribution in [2.75, 3.05) is 31.4 Å². The summed E-state index contributed by atoms with van der Waals surface area (Å²) in [6.07, 6.45) is 5.64. The number of hydrogen-bond donors (Lipinski definition) is 1. The average Bonchev–Trinajstić information content (AvgIpc) is 3.16. The summed E-state index contributed by atoms with van der Waals surface area (Å²) in [7, 11) is 3.95. The van der Waals surface area contributed by atoms with Crippen molar-refractivity contribution in [3.05, 3.63) is 35.2 Å². The van der Waals surface area contributed by atoms with Crippen molar-refractivity contribution >= 4 is 52.3 Å². The Morgan fingerprint density at radius 1 is 1.35 bits per heavy atom. The fourth-order valence-corrected chi connectivity index (χ4v) is 2.79. The van der Waals surface area contributed by atoms with Crippen LogP contribution in [0.25, 0.3) is 23.3 Å². The van der Waals surface area contributed by atoms with Gasteiger partial charge in [-0.05, 0) is 18.2 Å². The summed E-state index contributed by atoms with van der Waals surface area (Å²) in [6.45, 7) is 0.565. The minimum Gasteiger partial charge on any atom is -0.493 e. The topological polar surface area (TPSA) is 51.4 Å². The van der Waals surface area contributed by atoms with E-state index < -0.39 is 0 Å². The standard InChI is InChI=1S/C16H17N3O2S2/c1-19(2)16-17-10-12(23-16)4-6-15-18-13-5-3-11(20-7-8-22)9-14(13)21-15/h3-6,9-10,22H,7-8H2,1-2H3/b6-4+. The van der Waals surface area contributed by atoms with E-state index >= 15 is 0 Å². The highest BCUT2D eigenvalue weighted by atomic mass is 32.1. The van der Waals surface area contributed by atoms with Crippen LogP contribution in [0.4, 0.5) is 5.13 Å². The molecule has 120 valence electrons. The molecular formula is C16H17N3O2S2. The van der Waals surface area contributed by atoms with Crippen LogP contribution >= 0.6 is 24.0 Å². The van der Waals surface area contributed by atoms with E-state index in [0.29, 0.717) is 23.8 Å². The van der Waals surface area contributed by atoms with Crippen molar-refractivity contribution < 1.29 is 9.15 Å². The SMILES string of the molecule is CN(C)c1ncc(/C=C/c2nc3ccc(OCCS)cc3o2)s1. The number of ether oxygens (including phenoxy) is 1. The molecule has 3 aromatic rings. The first kappa shape index (κ1) is 15.9. The maximum atomic E-state index is 5.74. The molecule has 0 amide bonds. The lowest BCUT2D eigenvalue weighted by molar-refractivity contribution is 0.344. The Morgan fingerprint density at radius 3 is 2.96 bits per heavy atom. The van der Waals surface area contributed by atoms with Gasteiger partial charge >= 0.3 is 0 Å². The zero-order valence-corrected chi connectivity index (χ0v) is 14.6. The lowest BCUT2D eigenvalue weighted by atomic mass is 10.3. The predicted molar refractivity (Wildman–Crippen MR) is 98.7 cm³/mol. The molecule has 0 atom stereocenters. The van der Waals surface area contributed by atoms with Gasteiger partial charge in [0.15, 0.2) is 10.7 Å². The smallest absolute Gasteiger partial charge is 0.220 e. The van der Waals surface area contributed by atoms with Gasteiger partial charge in [-0.15, -0.1) is 0 Å². The highest BCUT2D eigenvalue weighted by Crippen LogP contribution is 2.25. The average molecular weight is 347 g/mol. The fourth-order valence-electron chi connectivity index (χ4n) is 1.96. The molecule has 0 aliphatic carbocycles. The number of fused-ring (bicyclic) bond motifs is 1. The third-order valence-corrected chi connectivity index (χ3v) is 4.33. The van der Waals surface area contributed by atoms with Crippen LogP contribution in [0.2, 0.25) is 0 Å². The summed E-state index contributed by atoms with van der Waals surface area (Å²) in [5, 5.41) is 0.966. The van der Waals surface area contributed by atoms with Gasteiger partial charge in [-0.2, -0.15) is 12.6 Å². The third-order valence-electron chi connectivity index (χ3n) is 3.02. The number of aromatic nitrogens is 2. The van der Waals surface area contributed by atoms with E-state index in [1.54, 1.807) is 11.3 Å². The van der Waals surface area contributed by atoms with Crippen LogP contribution in [0.5, 0.6) is 5.75 Å². The largest absolute Gasteiger partial charge is 0.493 e. The van der Waals surface area contributed by atoms with Crippen LogP contribution in [0.15, 0.2) is 28.8 Å². The van der Waals surface area contributed by atoms with Crippen molar-refractivity contribution in [3.8, 4) is 5.75 Å². The first-order valence-corrected chi connectivity index (χ1v) is 8.56. The molecule has 0 N–H and O–H groups in total. The van der Waals surface area contributed by atoms with Gasteiger partial charge in [0.1, 0.15) is 11.3 Å². The minimum atomic E-state index is 0.561. The predicted octanol–water partition coefficient (Wildman–Crippen LogP) is 3.83. The molecule has 23 heavy (non-hydrogen) atoms. The molecule has 7 heteroatoms. The van der Waals surface area contributed by atoms with Crippen molar-refractivity contribution in [3.63, 3.8) is 0 Å². The van der Waals surface area contributed by atoms with Gasteiger partial charge < -0.3 is 14.1 Å². The molecule has 2 heterocycles. The second-order valence-corrected chi connectivity index (χ2v) is 6.51. The molecule has 0 radical (unpaired) electrons. The van der Waals surface area contributed by atoms with E-state index in [2.05, 4.69) is 22.6 Å². The molecule has 0 bridgehead atoms. The van der Waals surface area contributed by atoms with Crippen molar-refractivity contribution in [2.24, 2.45) is 0 Å². The van der Waals surface area contributed by atoms with Gasteiger partial charge in [-0.25, -0.2) is 9.97 Å². The van der Waals surface area contributed by atoms with E-state index in [0.717, 1.165) is 21.3 Å². The van der Waals surface area contributed by atoms with E-state index in [4.69, 9.17) is 9.15 Å². The van der Waals surface area contributed by atoms with E-state index in [1.165, 1.54) is 0 Å². The number of oxazole rings is 1. The second kappa shape index (κ2) is 7.06. The van der Waals surface area contributed by atoms with Crippen molar-refractivity contribution in [2.45, 2.75) is 0 Å². The van der Waals surface area contributed by atoms with E-state index in [1.807, 2.05) is 55.5 Å². The second-order valence-electron chi connectivity index (χ2n) is 5.03. The van der Waals surface area contributed by atoms with Gasteiger partial charge in [0, 0.05) is 43.1 Å². The van der Waals surface area contributed by atoms with Gasteiger partial charge in [0.25, 0.3) is 0 Å². The van der Waals surface area contributed by atoms with Crippen LogP contribution in [0, 0.1) is 0 Å². The molecule has 0 unspecified atom stereocenters. The molecule has 0 fully saturated rings. The van der Waals surface area contributed by atoms with Crippen molar-refractivity contribution in [1.29, 1.82) is 0 Å². The Hall–Kier alpha value is -1.99. The number of thiol groups is 1. The molecular weight excluding hydrogens is 330 g/mol. The number of benzene rings is 1. The Kier molecular flexibility index (Phi) is 4.88. The van der Waals surface area contributed by atoms with Crippen LogP contribution in [0.1, 0.15) is 10.8 Å². The number of nitrogens with zero attached hydrogens (tertiary/aromatic N) is 3. The maximum Gasteiger partial charge on any atom is 0.220 e. The molecule has 0 saturated carbocycles.